The lowest BCUT2D eigenvalue weighted by Gasteiger charge is -2.20. The van der Waals surface area contributed by atoms with Gasteiger partial charge in [-0.15, -0.1) is 10.2 Å². The summed E-state index contributed by atoms with van der Waals surface area (Å²) in [5.41, 5.74) is 5.38. The van der Waals surface area contributed by atoms with Crippen LogP contribution in [0.2, 0.25) is 0 Å². The molecule has 134 valence electrons. The highest BCUT2D eigenvalue weighted by Crippen LogP contribution is 2.31. The Kier molecular flexibility index (Phi) is 4.94. The number of aromatic nitrogens is 1. The quantitative estimate of drug-likeness (QED) is 0.368. The zero-order valence-corrected chi connectivity index (χ0v) is 16.1. The molecule has 0 aliphatic rings. The molecule has 0 bridgehead atoms. The average molecular weight is 372 g/mol. The summed E-state index contributed by atoms with van der Waals surface area (Å²) in [6, 6.07) is 24.8. The molecule has 0 unspecified atom stereocenters. The Labute approximate surface area is 162 Å². The largest absolute Gasteiger partial charge is 0.370 e. The molecular weight excluding hydrogens is 352 g/mol. The van der Waals surface area contributed by atoms with E-state index in [2.05, 4.69) is 76.5 Å². The van der Waals surface area contributed by atoms with Gasteiger partial charge in [-0.3, -0.25) is 0 Å². The molecule has 0 aliphatic carbocycles. The van der Waals surface area contributed by atoms with Gasteiger partial charge in [-0.1, -0.05) is 53.8 Å². The van der Waals surface area contributed by atoms with E-state index in [1.165, 1.54) is 5.56 Å². The number of anilines is 1. The van der Waals surface area contributed by atoms with Gasteiger partial charge >= 0.3 is 0 Å². The minimum absolute atomic E-state index is 0.681. The molecule has 1 heterocycles. The second-order valence-electron chi connectivity index (χ2n) is 6.48. The third-order valence-electron chi connectivity index (χ3n) is 4.41. The minimum Gasteiger partial charge on any atom is -0.370 e. The predicted octanol–water partition coefficient (Wildman–Crippen LogP) is 6.66. The van der Waals surface area contributed by atoms with E-state index in [0.29, 0.717) is 5.13 Å². The van der Waals surface area contributed by atoms with E-state index in [1.54, 1.807) is 11.3 Å². The highest BCUT2D eigenvalue weighted by Gasteiger charge is 2.06. The van der Waals surface area contributed by atoms with Crippen LogP contribution in [0.15, 0.2) is 83.0 Å². The van der Waals surface area contributed by atoms with Gasteiger partial charge in [-0.25, -0.2) is 4.98 Å². The molecule has 1 aromatic heterocycles. The molecule has 4 rings (SSSR count). The summed E-state index contributed by atoms with van der Waals surface area (Å²) in [7, 11) is 2.10. The van der Waals surface area contributed by atoms with Gasteiger partial charge in [0.25, 0.3) is 0 Å². The Balaban J connectivity index is 1.51. The Hall–Kier alpha value is -3.05. The topological polar surface area (TPSA) is 40.9 Å². The third kappa shape index (κ3) is 4.04. The van der Waals surface area contributed by atoms with Crippen molar-refractivity contribution in [3.05, 3.63) is 83.9 Å². The fourth-order valence-corrected chi connectivity index (χ4v) is 3.72. The fourth-order valence-electron chi connectivity index (χ4n) is 2.94. The zero-order chi connectivity index (χ0) is 18.6. The van der Waals surface area contributed by atoms with Crippen LogP contribution in [0.1, 0.15) is 11.1 Å². The fraction of sp³-hybridized carbons (Fsp3) is 0.136. The molecule has 0 spiro atoms. The molecule has 27 heavy (non-hydrogen) atoms. The minimum atomic E-state index is 0.681. The summed E-state index contributed by atoms with van der Waals surface area (Å²) < 4.78 is 1.13. The number of aryl methyl sites for hydroxylation is 1. The zero-order valence-electron chi connectivity index (χ0n) is 15.3. The van der Waals surface area contributed by atoms with E-state index in [0.717, 1.165) is 33.7 Å². The number of nitrogens with zero attached hydrogens (tertiary/aromatic N) is 4. The molecular formula is C22H20N4S. The van der Waals surface area contributed by atoms with Crippen molar-refractivity contribution < 1.29 is 0 Å². The van der Waals surface area contributed by atoms with Gasteiger partial charge in [0.1, 0.15) is 0 Å². The summed E-state index contributed by atoms with van der Waals surface area (Å²) in [5, 5.41) is 9.43. The van der Waals surface area contributed by atoms with Gasteiger partial charge in [0.05, 0.1) is 15.9 Å². The molecule has 0 radical (unpaired) electrons. The SMILES string of the molecule is Cc1cc(N(C)Cc2ccccc2)ccc1N=Nc1nc2ccccc2s1. The van der Waals surface area contributed by atoms with Crippen molar-refractivity contribution in [1.29, 1.82) is 0 Å². The van der Waals surface area contributed by atoms with E-state index in [9.17, 15) is 0 Å². The molecule has 4 nitrogen and oxygen atoms in total. The maximum Gasteiger partial charge on any atom is 0.231 e. The van der Waals surface area contributed by atoms with E-state index in [4.69, 9.17) is 0 Å². The van der Waals surface area contributed by atoms with Crippen molar-refractivity contribution in [1.82, 2.24) is 4.98 Å². The highest BCUT2D eigenvalue weighted by molar-refractivity contribution is 7.21. The number of hydrogen-bond acceptors (Lipinski definition) is 5. The van der Waals surface area contributed by atoms with E-state index in [1.807, 2.05) is 30.3 Å². The standard InChI is InChI=1S/C22H20N4S/c1-16-14-18(26(2)15-17-8-4-3-5-9-17)12-13-19(16)24-25-22-23-20-10-6-7-11-21(20)27-22/h3-14H,15H2,1-2H3. The Morgan fingerprint density at radius 2 is 1.70 bits per heavy atom. The summed E-state index contributed by atoms with van der Waals surface area (Å²) in [6.07, 6.45) is 0. The van der Waals surface area contributed by atoms with Gasteiger partial charge in [-0.2, -0.15) is 0 Å². The lowest BCUT2D eigenvalue weighted by Crippen LogP contribution is -2.16. The summed E-state index contributed by atoms with van der Waals surface area (Å²) in [4.78, 5) is 6.73. The second-order valence-corrected chi connectivity index (χ2v) is 7.49. The number of para-hydroxylation sites is 1. The first-order chi connectivity index (χ1) is 13.2. The number of thiazole rings is 1. The van der Waals surface area contributed by atoms with Crippen LogP contribution in [0.5, 0.6) is 0 Å². The summed E-state index contributed by atoms with van der Waals surface area (Å²) in [6.45, 7) is 2.93. The first kappa shape index (κ1) is 17.4. The molecule has 4 aromatic rings. The maximum absolute atomic E-state index is 4.50. The molecule has 0 saturated carbocycles. The van der Waals surface area contributed by atoms with Crippen LogP contribution in [0, 0.1) is 6.92 Å². The number of azo groups is 1. The van der Waals surface area contributed by atoms with Crippen LogP contribution in [-0.2, 0) is 6.54 Å². The van der Waals surface area contributed by atoms with Gasteiger partial charge < -0.3 is 4.90 Å². The smallest absolute Gasteiger partial charge is 0.231 e. The molecule has 0 aliphatic heterocycles. The number of hydrogen-bond donors (Lipinski definition) is 0. The normalized spacial score (nSPS) is 11.3. The van der Waals surface area contributed by atoms with Crippen molar-refractivity contribution in [2.24, 2.45) is 10.2 Å². The average Bonchev–Trinajstić information content (AvgIpc) is 3.10. The first-order valence-electron chi connectivity index (χ1n) is 8.82. The van der Waals surface area contributed by atoms with Gasteiger partial charge in [0, 0.05) is 19.3 Å². The van der Waals surface area contributed by atoms with E-state index >= 15 is 0 Å². The molecule has 5 heteroatoms. The van der Waals surface area contributed by atoms with Gasteiger partial charge in [0.2, 0.25) is 5.13 Å². The Morgan fingerprint density at radius 3 is 2.48 bits per heavy atom. The number of fused-ring (bicyclic) bond motifs is 1. The predicted molar refractivity (Wildman–Crippen MR) is 114 cm³/mol. The first-order valence-corrected chi connectivity index (χ1v) is 9.64. The van der Waals surface area contributed by atoms with Crippen LogP contribution >= 0.6 is 11.3 Å². The van der Waals surface area contributed by atoms with Crippen molar-refractivity contribution >= 4 is 38.1 Å². The van der Waals surface area contributed by atoms with Crippen LogP contribution < -0.4 is 4.90 Å². The van der Waals surface area contributed by atoms with Gasteiger partial charge in [0.15, 0.2) is 0 Å². The lowest BCUT2D eigenvalue weighted by atomic mass is 10.1. The second kappa shape index (κ2) is 7.68. The van der Waals surface area contributed by atoms with Crippen molar-refractivity contribution in [2.45, 2.75) is 13.5 Å². The van der Waals surface area contributed by atoms with Crippen LogP contribution in [0.4, 0.5) is 16.5 Å². The van der Waals surface area contributed by atoms with Crippen molar-refractivity contribution in [3.8, 4) is 0 Å². The Morgan fingerprint density at radius 1 is 0.926 bits per heavy atom. The molecule has 0 fully saturated rings. The van der Waals surface area contributed by atoms with E-state index < -0.39 is 0 Å². The summed E-state index contributed by atoms with van der Waals surface area (Å²) in [5.74, 6) is 0. The van der Waals surface area contributed by atoms with E-state index in [-0.39, 0.29) is 0 Å². The molecule has 0 saturated heterocycles. The van der Waals surface area contributed by atoms with Crippen LogP contribution in [0.3, 0.4) is 0 Å². The van der Waals surface area contributed by atoms with Gasteiger partial charge in [-0.05, 0) is 48.4 Å². The maximum atomic E-state index is 4.50. The molecule has 0 N–H and O–H groups in total. The van der Waals surface area contributed by atoms with Crippen molar-refractivity contribution in [3.63, 3.8) is 0 Å². The molecule has 0 amide bonds. The number of benzene rings is 3. The summed E-state index contributed by atoms with van der Waals surface area (Å²) >= 11 is 1.55. The Bertz CT molecular complexity index is 1050. The lowest BCUT2D eigenvalue weighted by molar-refractivity contribution is 0.922. The number of rotatable bonds is 5. The molecule has 0 atom stereocenters. The molecule has 3 aromatic carbocycles. The third-order valence-corrected chi connectivity index (χ3v) is 5.33. The van der Waals surface area contributed by atoms with Crippen LogP contribution in [0.25, 0.3) is 10.2 Å². The van der Waals surface area contributed by atoms with Crippen molar-refractivity contribution in [2.75, 3.05) is 11.9 Å². The highest BCUT2D eigenvalue weighted by atomic mass is 32.1. The van der Waals surface area contributed by atoms with Crippen LogP contribution in [-0.4, -0.2) is 12.0 Å². The monoisotopic (exact) mass is 372 g/mol.